The number of nitrogens with zero attached hydrogens (tertiary/aromatic N) is 1. The van der Waals surface area contributed by atoms with Crippen molar-refractivity contribution in [2.75, 3.05) is 6.61 Å². The lowest BCUT2D eigenvalue weighted by Gasteiger charge is -2.18. The van der Waals surface area contributed by atoms with Crippen LogP contribution in [0.25, 0.3) is 5.69 Å². The SMILES string of the molecule is OCCc1ccc(C2NCc3c(Cl)ccc(Cl)c3-n3cccc32)cc1. The molecule has 3 aromatic rings. The van der Waals surface area contributed by atoms with Gasteiger partial charge < -0.3 is 15.0 Å². The molecule has 0 fully saturated rings. The lowest BCUT2D eigenvalue weighted by Crippen LogP contribution is -2.21. The summed E-state index contributed by atoms with van der Waals surface area (Å²) < 4.78 is 2.12. The molecule has 1 atom stereocenters. The molecule has 25 heavy (non-hydrogen) atoms. The number of halogens is 2. The zero-order valence-electron chi connectivity index (χ0n) is 13.5. The van der Waals surface area contributed by atoms with E-state index < -0.39 is 0 Å². The third-order valence-corrected chi connectivity index (χ3v) is 5.35. The normalized spacial score (nSPS) is 16.2. The van der Waals surface area contributed by atoms with Crippen LogP contribution in [-0.2, 0) is 13.0 Å². The Bertz CT molecular complexity index is 903. The Morgan fingerprint density at radius 3 is 2.56 bits per heavy atom. The summed E-state index contributed by atoms with van der Waals surface area (Å²) in [6.45, 7) is 0.801. The molecule has 1 aliphatic heterocycles. The number of aliphatic hydroxyl groups is 1. The van der Waals surface area contributed by atoms with Crippen molar-refractivity contribution in [2.45, 2.75) is 19.0 Å². The van der Waals surface area contributed by atoms with Crippen molar-refractivity contribution in [1.29, 1.82) is 0 Å². The van der Waals surface area contributed by atoms with E-state index >= 15 is 0 Å². The highest BCUT2D eigenvalue weighted by Crippen LogP contribution is 2.37. The Hall–Kier alpha value is -1.78. The lowest BCUT2D eigenvalue weighted by molar-refractivity contribution is 0.299. The van der Waals surface area contributed by atoms with Crippen LogP contribution in [0.2, 0.25) is 10.0 Å². The number of rotatable bonds is 3. The van der Waals surface area contributed by atoms with E-state index in [4.69, 9.17) is 28.3 Å². The third kappa shape index (κ3) is 2.98. The zero-order valence-corrected chi connectivity index (χ0v) is 15.1. The van der Waals surface area contributed by atoms with Crippen LogP contribution in [-0.4, -0.2) is 16.3 Å². The molecule has 0 bridgehead atoms. The summed E-state index contributed by atoms with van der Waals surface area (Å²) in [5.41, 5.74) is 5.37. The Morgan fingerprint density at radius 1 is 1.04 bits per heavy atom. The maximum absolute atomic E-state index is 9.09. The molecule has 5 heteroatoms. The third-order valence-electron chi connectivity index (χ3n) is 4.69. The summed E-state index contributed by atoms with van der Waals surface area (Å²) in [5.74, 6) is 0. The van der Waals surface area contributed by atoms with Gasteiger partial charge in [0.15, 0.2) is 0 Å². The van der Waals surface area contributed by atoms with Crippen LogP contribution in [0.5, 0.6) is 0 Å². The quantitative estimate of drug-likeness (QED) is 0.709. The van der Waals surface area contributed by atoms with Crippen LogP contribution >= 0.6 is 23.2 Å². The number of fused-ring (bicyclic) bond motifs is 3. The molecular weight excluding hydrogens is 355 g/mol. The summed E-state index contributed by atoms with van der Waals surface area (Å²) in [6, 6.07) is 16.2. The van der Waals surface area contributed by atoms with E-state index in [1.54, 1.807) is 0 Å². The smallest absolute Gasteiger partial charge is 0.0737 e. The fourth-order valence-electron chi connectivity index (χ4n) is 3.45. The van der Waals surface area contributed by atoms with Gasteiger partial charge in [0.25, 0.3) is 0 Å². The van der Waals surface area contributed by atoms with Gasteiger partial charge in [0.2, 0.25) is 0 Å². The first-order valence-electron chi connectivity index (χ1n) is 8.26. The van der Waals surface area contributed by atoms with Crippen molar-refractivity contribution in [2.24, 2.45) is 0 Å². The van der Waals surface area contributed by atoms with Gasteiger partial charge in [-0.3, -0.25) is 0 Å². The Balaban J connectivity index is 1.80. The number of aliphatic hydroxyl groups excluding tert-OH is 1. The van der Waals surface area contributed by atoms with E-state index in [1.807, 2.05) is 24.4 Å². The molecule has 1 aliphatic rings. The molecule has 4 rings (SSSR count). The van der Waals surface area contributed by atoms with E-state index in [2.05, 4.69) is 40.2 Å². The summed E-state index contributed by atoms with van der Waals surface area (Å²) in [5, 5.41) is 14.1. The summed E-state index contributed by atoms with van der Waals surface area (Å²) in [6.07, 6.45) is 2.70. The van der Waals surface area contributed by atoms with E-state index in [0.717, 1.165) is 22.5 Å². The van der Waals surface area contributed by atoms with E-state index in [1.165, 1.54) is 5.56 Å². The van der Waals surface area contributed by atoms with Crippen molar-refractivity contribution in [1.82, 2.24) is 9.88 Å². The van der Waals surface area contributed by atoms with Gasteiger partial charge in [-0.2, -0.15) is 0 Å². The number of hydrogen-bond donors (Lipinski definition) is 2. The van der Waals surface area contributed by atoms with Crippen molar-refractivity contribution in [3.05, 3.63) is 87.2 Å². The van der Waals surface area contributed by atoms with Crippen LogP contribution in [0.15, 0.2) is 54.7 Å². The number of benzene rings is 2. The average molecular weight is 373 g/mol. The first-order chi connectivity index (χ1) is 12.2. The van der Waals surface area contributed by atoms with Gasteiger partial charge in [-0.1, -0.05) is 47.5 Å². The molecule has 0 amide bonds. The minimum absolute atomic E-state index is 0.0395. The second kappa shape index (κ2) is 6.85. The number of aromatic nitrogens is 1. The molecule has 0 saturated carbocycles. The molecule has 1 aromatic heterocycles. The predicted molar refractivity (Wildman–Crippen MR) is 102 cm³/mol. The maximum atomic E-state index is 9.09. The molecule has 0 radical (unpaired) electrons. The van der Waals surface area contributed by atoms with E-state index in [0.29, 0.717) is 23.0 Å². The summed E-state index contributed by atoms with van der Waals surface area (Å²) in [4.78, 5) is 0. The van der Waals surface area contributed by atoms with Gasteiger partial charge in [-0.05, 0) is 41.8 Å². The van der Waals surface area contributed by atoms with Gasteiger partial charge in [0, 0.05) is 35.6 Å². The molecule has 0 spiro atoms. The van der Waals surface area contributed by atoms with Gasteiger partial charge >= 0.3 is 0 Å². The van der Waals surface area contributed by atoms with Gasteiger partial charge in [0.05, 0.1) is 16.8 Å². The Labute approximate surface area is 156 Å². The standard InChI is InChI=1S/C20H18Cl2N2O/c21-16-7-8-17(22)20-15(16)12-23-19(18-2-1-10-24(18)20)14-5-3-13(4-6-14)9-11-25/h1-8,10,19,23,25H,9,11-12H2. The Kier molecular flexibility index (Phi) is 4.57. The zero-order chi connectivity index (χ0) is 17.4. The highest BCUT2D eigenvalue weighted by molar-refractivity contribution is 6.35. The molecule has 0 saturated heterocycles. The van der Waals surface area contributed by atoms with E-state index in [-0.39, 0.29) is 12.6 Å². The fraction of sp³-hybridized carbons (Fsp3) is 0.200. The van der Waals surface area contributed by atoms with Crippen LogP contribution in [0.3, 0.4) is 0 Å². The minimum Gasteiger partial charge on any atom is -0.396 e. The topological polar surface area (TPSA) is 37.2 Å². The number of hydrogen-bond acceptors (Lipinski definition) is 2. The Morgan fingerprint density at radius 2 is 1.80 bits per heavy atom. The number of nitrogens with one attached hydrogen (secondary N) is 1. The van der Waals surface area contributed by atoms with Gasteiger partial charge in [-0.15, -0.1) is 0 Å². The van der Waals surface area contributed by atoms with Crippen molar-refractivity contribution in [3.63, 3.8) is 0 Å². The van der Waals surface area contributed by atoms with Crippen LogP contribution < -0.4 is 5.32 Å². The van der Waals surface area contributed by atoms with Crippen molar-refractivity contribution < 1.29 is 5.11 Å². The molecule has 3 nitrogen and oxygen atoms in total. The second-order valence-electron chi connectivity index (χ2n) is 6.19. The molecule has 2 N–H and O–H groups in total. The van der Waals surface area contributed by atoms with Crippen molar-refractivity contribution in [3.8, 4) is 5.69 Å². The average Bonchev–Trinajstić information content (AvgIpc) is 3.02. The molecule has 2 aromatic carbocycles. The van der Waals surface area contributed by atoms with E-state index in [9.17, 15) is 0 Å². The monoisotopic (exact) mass is 372 g/mol. The summed E-state index contributed by atoms with van der Waals surface area (Å²) >= 11 is 12.9. The van der Waals surface area contributed by atoms with Gasteiger partial charge in [-0.25, -0.2) is 0 Å². The molecule has 2 heterocycles. The van der Waals surface area contributed by atoms with Crippen molar-refractivity contribution >= 4 is 23.2 Å². The fourth-order valence-corrected chi connectivity index (χ4v) is 3.94. The first kappa shape index (κ1) is 16.7. The van der Waals surface area contributed by atoms with Crippen LogP contribution in [0.1, 0.15) is 28.4 Å². The van der Waals surface area contributed by atoms with Gasteiger partial charge in [0.1, 0.15) is 0 Å². The molecule has 1 unspecified atom stereocenters. The first-order valence-corrected chi connectivity index (χ1v) is 9.02. The van der Waals surface area contributed by atoms with Crippen LogP contribution in [0.4, 0.5) is 0 Å². The maximum Gasteiger partial charge on any atom is 0.0737 e. The molecule has 128 valence electrons. The largest absolute Gasteiger partial charge is 0.396 e. The van der Waals surface area contributed by atoms with Crippen LogP contribution in [0, 0.1) is 0 Å². The minimum atomic E-state index is 0.0395. The summed E-state index contributed by atoms with van der Waals surface area (Å²) in [7, 11) is 0. The molecule has 0 aliphatic carbocycles. The highest BCUT2D eigenvalue weighted by Gasteiger charge is 2.25. The molecular formula is C20H18Cl2N2O. The second-order valence-corrected chi connectivity index (χ2v) is 7.00. The lowest BCUT2D eigenvalue weighted by atomic mass is 10.0. The highest BCUT2D eigenvalue weighted by atomic mass is 35.5. The predicted octanol–water partition coefficient (Wildman–Crippen LogP) is 4.51.